The lowest BCUT2D eigenvalue weighted by atomic mass is 10.1. The van der Waals surface area contributed by atoms with Crippen molar-refractivity contribution in [3.05, 3.63) is 71.0 Å². The fourth-order valence-corrected chi connectivity index (χ4v) is 3.38. The van der Waals surface area contributed by atoms with Gasteiger partial charge < -0.3 is 9.73 Å². The Morgan fingerprint density at radius 3 is 2.79 bits per heavy atom. The molecule has 0 aliphatic heterocycles. The van der Waals surface area contributed by atoms with Gasteiger partial charge in [0.15, 0.2) is 0 Å². The fourth-order valence-electron chi connectivity index (χ4n) is 2.75. The standard InChI is InChI=1S/C20H19N5O2S/c26-18(6-7-19-23-24-20(27-19)16-9-13-28-14-16)21-11-8-15-2-4-17(5-3-15)25-12-1-10-22-25/h1-5,9-10,12-14H,6-8,11H2,(H,21,26). The summed E-state index contributed by atoms with van der Waals surface area (Å²) in [6.07, 6.45) is 5.18. The molecule has 142 valence electrons. The van der Waals surface area contributed by atoms with Crippen LogP contribution in [0.4, 0.5) is 0 Å². The summed E-state index contributed by atoms with van der Waals surface area (Å²) in [5.74, 6) is 0.948. The highest BCUT2D eigenvalue weighted by molar-refractivity contribution is 7.08. The number of carbonyl (C=O) groups excluding carboxylic acids is 1. The van der Waals surface area contributed by atoms with Crippen molar-refractivity contribution in [2.45, 2.75) is 19.3 Å². The Balaban J connectivity index is 1.20. The number of amides is 1. The van der Waals surface area contributed by atoms with Crippen LogP contribution in [0.3, 0.4) is 0 Å². The van der Waals surface area contributed by atoms with E-state index in [-0.39, 0.29) is 5.91 Å². The number of carbonyl (C=O) groups is 1. The van der Waals surface area contributed by atoms with Gasteiger partial charge in [0.05, 0.1) is 5.69 Å². The molecule has 0 atom stereocenters. The lowest BCUT2D eigenvalue weighted by Gasteiger charge is -2.06. The van der Waals surface area contributed by atoms with E-state index in [0.29, 0.717) is 31.2 Å². The van der Waals surface area contributed by atoms with E-state index in [1.54, 1.807) is 17.5 Å². The average molecular weight is 393 g/mol. The van der Waals surface area contributed by atoms with Crippen molar-refractivity contribution in [2.24, 2.45) is 0 Å². The Morgan fingerprint density at radius 1 is 1.14 bits per heavy atom. The Bertz CT molecular complexity index is 1010. The van der Waals surface area contributed by atoms with Crippen molar-refractivity contribution in [1.82, 2.24) is 25.3 Å². The van der Waals surface area contributed by atoms with Crippen molar-refractivity contribution in [3.8, 4) is 17.1 Å². The minimum Gasteiger partial charge on any atom is -0.421 e. The van der Waals surface area contributed by atoms with Gasteiger partial charge in [-0.25, -0.2) is 4.68 Å². The van der Waals surface area contributed by atoms with Gasteiger partial charge in [0.1, 0.15) is 0 Å². The number of aryl methyl sites for hydroxylation is 1. The van der Waals surface area contributed by atoms with E-state index in [2.05, 4.69) is 20.6 Å². The van der Waals surface area contributed by atoms with E-state index in [1.807, 2.05) is 58.0 Å². The van der Waals surface area contributed by atoms with Crippen LogP contribution in [0.2, 0.25) is 0 Å². The molecular formula is C20H19N5O2S. The lowest BCUT2D eigenvalue weighted by Crippen LogP contribution is -2.25. The molecule has 4 rings (SSSR count). The number of hydrogen-bond donors (Lipinski definition) is 1. The first-order chi connectivity index (χ1) is 13.8. The molecule has 0 spiro atoms. The molecule has 0 unspecified atom stereocenters. The minimum absolute atomic E-state index is 0.0246. The first-order valence-electron chi connectivity index (χ1n) is 8.98. The Kier molecular flexibility index (Phi) is 5.58. The molecule has 28 heavy (non-hydrogen) atoms. The van der Waals surface area contributed by atoms with Gasteiger partial charge in [0, 0.05) is 42.7 Å². The highest BCUT2D eigenvalue weighted by Gasteiger charge is 2.10. The van der Waals surface area contributed by atoms with Gasteiger partial charge >= 0.3 is 0 Å². The maximum atomic E-state index is 12.0. The zero-order chi connectivity index (χ0) is 19.2. The van der Waals surface area contributed by atoms with Crippen LogP contribution in [0, 0.1) is 0 Å². The summed E-state index contributed by atoms with van der Waals surface area (Å²) in [5.41, 5.74) is 3.08. The normalized spacial score (nSPS) is 10.9. The summed E-state index contributed by atoms with van der Waals surface area (Å²) < 4.78 is 7.40. The summed E-state index contributed by atoms with van der Waals surface area (Å²) >= 11 is 1.57. The smallest absolute Gasteiger partial charge is 0.248 e. The average Bonchev–Trinajstić information content (AvgIpc) is 3.49. The molecule has 0 fully saturated rings. The molecule has 0 radical (unpaired) electrons. The molecule has 0 aliphatic carbocycles. The summed E-state index contributed by atoms with van der Waals surface area (Å²) in [6.45, 7) is 0.587. The van der Waals surface area contributed by atoms with Gasteiger partial charge in [0.2, 0.25) is 17.7 Å². The quantitative estimate of drug-likeness (QED) is 0.496. The topological polar surface area (TPSA) is 85.8 Å². The molecule has 3 aromatic heterocycles. The summed E-state index contributed by atoms with van der Waals surface area (Å²) in [4.78, 5) is 12.0. The molecule has 1 amide bonds. The number of nitrogens with one attached hydrogen (secondary N) is 1. The van der Waals surface area contributed by atoms with E-state index in [1.165, 1.54) is 0 Å². The van der Waals surface area contributed by atoms with E-state index in [0.717, 1.165) is 23.2 Å². The predicted octanol–water partition coefficient (Wildman–Crippen LogP) is 3.28. The number of rotatable bonds is 8. The molecular weight excluding hydrogens is 374 g/mol. The summed E-state index contributed by atoms with van der Waals surface area (Å²) in [5, 5.41) is 19.1. The van der Waals surface area contributed by atoms with Crippen LogP contribution in [0.15, 0.2) is 64.0 Å². The van der Waals surface area contributed by atoms with Crippen LogP contribution in [0.1, 0.15) is 17.9 Å². The first-order valence-corrected chi connectivity index (χ1v) is 9.93. The molecule has 4 aromatic rings. The molecule has 7 nitrogen and oxygen atoms in total. The van der Waals surface area contributed by atoms with E-state index < -0.39 is 0 Å². The number of aromatic nitrogens is 4. The fraction of sp³-hybridized carbons (Fsp3) is 0.200. The number of thiophene rings is 1. The van der Waals surface area contributed by atoms with Gasteiger partial charge in [-0.3, -0.25) is 4.79 Å². The molecule has 0 aliphatic rings. The van der Waals surface area contributed by atoms with Crippen molar-refractivity contribution in [2.75, 3.05) is 6.54 Å². The highest BCUT2D eigenvalue weighted by Crippen LogP contribution is 2.20. The van der Waals surface area contributed by atoms with E-state index in [4.69, 9.17) is 4.42 Å². The molecule has 1 aromatic carbocycles. The monoisotopic (exact) mass is 393 g/mol. The van der Waals surface area contributed by atoms with Gasteiger partial charge in [-0.05, 0) is 41.6 Å². The van der Waals surface area contributed by atoms with Crippen molar-refractivity contribution >= 4 is 17.2 Å². The number of benzene rings is 1. The summed E-state index contributed by atoms with van der Waals surface area (Å²) in [7, 11) is 0. The SMILES string of the molecule is O=C(CCc1nnc(-c2ccsc2)o1)NCCc1ccc(-n2cccn2)cc1. The Labute approximate surface area is 166 Å². The second kappa shape index (κ2) is 8.62. The largest absolute Gasteiger partial charge is 0.421 e. The Hall–Kier alpha value is -3.26. The third kappa shape index (κ3) is 4.52. The lowest BCUT2D eigenvalue weighted by molar-refractivity contribution is -0.121. The number of nitrogens with zero attached hydrogens (tertiary/aromatic N) is 4. The molecule has 1 N–H and O–H groups in total. The predicted molar refractivity (Wildman–Crippen MR) is 106 cm³/mol. The van der Waals surface area contributed by atoms with Crippen LogP contribution in [0.25, 0.3) is 17.1 Å². The maximum absolute atomic E-state index is 12.0. The molecule has 8 heteroatoms. The third-order valence-electron chi connectivity index (χ3n) is 4.24. The van der Waals surface area contributed by atoms with Crippen LogP contribution in [0.5, 0.6) is 0 Å². The molecule has 0 saturated carbocycles. The zero-order valence-corrected chi connectivity index (χ0v) is 15.9. The van der Waals surface area contributed by atoms with Crippen molar-refractivity contribution in [1.29, 1.82) is 0 Å². The first kappa shape index (κ1) is 18.1. The summed E-state index contributed by atoms with van der Waals surface area (Å²) in [6, 6.07) is 12.0. The van der Waals surface area contributed by atoms with Gasteiger partial charge in [0.25, 0.3) is 0 Å². The van der Waals surface area contributed by atoms with Gasteiger partial charge in [-0.15, -0.1) is 10.2 Å². The van der Waals surface area contributed by atoms with Gasteiger partial charge in [-0.2, -0.15) is 16.4 Å². The van der Waals surface area contributed by atoms with E-state index >= 15 is 0 Å². The molecule has 0 saturated heterocycles. The van der Waals surface area contributed by atoms with Gasteiger partial charge in [-0.1, -0.05) is 12.1 Å². The van der Waals surface area contributed by atoms with Crippen LogP contribution in [-0.4, -0.2) is 32.4 Å². The second-order valence-corrected chi connectivity index (χ2v) is 7.01. The Morgan fingerprint density at radius 2 is 2.04 bits per heavy atom. The molecule has 0 bridgehead atoms. The van der Waals surface area contributed by atoms with Crippen molar-refractivity contribution < 1.29 is 9.21 Å². The maximum Gasteiger partial charge on any atom is 0.248 e. The van der Waals surface area contributed by atoms with Crippen LogP contribution in [-0.2, 0) is 17.6 Å². The number of hydrogen-bond acceptors (Lipinski definition) is 6. The van der Waals surface area contributed by atoms with Crippen LogP contribution >= 0.6 is 11.3 Å². The van der Waals surface area contributed by atoms with Crippen LogP contribution < -0.4 is 5.32 Å². The second-order valence-electron chi connectivity index (χ2n) is 6.23. The third-order valence-corrected chi connectivity index (χ3v) is 4.93. The van der Waals surface area contributed by atoms with Crippen molar-refractivity contribution in [3.63, 3.8) is 0 Å². The van der Waals surface area contributed by atoms with E-state index in [9.17, 15) is 4.79 Å². The zero-order valence-electron chi connectivity index (χ0n) is 15.1. The molecule has 3 heterocycles. The highest BCUT2D eigenvalue weighted by atomic mass is 32.1. The minimum atomic E-state index is -0.0246.